The molecule has 0 amide bonds. The summed E-state index contributed by atoms with van der Waals surface area (Å²) in [6, 6.07) is 5.72. The summed E-state index contributed by atoms with van der Waals surface area (Å²) in [5.74, 6) is 0.559. The number of pyridine rings is 1. The second kappa shape index (κ2) is 3.58. The molecule has 0 bridgehead atoms. The number of aromatic nitrogens is 3. The topological polar surface area (TPSA) is 66.0 Å². The van der Waals surface area contributed by atoms with Crippen molar-refractivity contribution in [3.05, 3.63) is 23.4 Å². The van der Waals surface area contributed by atoms with E-state index in [1.807, 2.05) is 19.9 Å². The smallest absolute Gasteiger partial charge is 0.243 e. The van der Waals surface area contributed by atoms with Gasteiger partial charge in [-0.2, -0.15) is 10.2 Å². The number of hydrogen-bond donors (Lipinski definition) is 1. The van der Waals surface area contributed by atoms with E-state index in [1.165, 1.54) is 0 Å². The molecule has 5 heteroatoms. The van der Waals surface area contributed by atoms with Crippen LogP contribution in [-0.4, -0.2) is 21.1 Å². The van der Waals surface area contributed by atoms with Crippen molar-refractivity contribution in [1.29, 1.82) is 5.26 Å². The Morgan fingerprint density at radius 1 is 1.53 bits per heavy atom. The molecule has 2 heterocycles. The molecule has 0 radical (unpaired) electrons. The summed E-state index contributed by atoms with van der Waals surface area (Å²) in [7, 11) is 0. The Morgan fingerprint density at radius 2 is 2.33 bits per heavy atom. The lowest BCUT2D eigenvalue weighted by atomic mass is 10.2. The first-order chi connectivity index (χ1) is 7.26. The van der Waals surface area contributed by atoms with E-state index in [-0.39, 0.29) is 0 Å². The minimum Gasteiger partial charge on any atom is -0.353 e. The number of anilines is 1. The summed E-state index contributed by atoms with van der Waals surface area (Å²) in [4.78, 5) is 4.25. The number of nitrogens with zero attached hydrogens (tertiary/aromatic N) is 4. The highest BCUT2D eigenvalue weighted by molar-refractivity contribution is 5.57. The first kappa shape index (κ1) is 9.46. The second-order valence-corrected chi connectivity index (χ2v) is 3.20. The van der Waals surface area contributed by atoms with Gasteiger partial charge in [0.2, 0.25) is 5.95 Å². The molecule has 0 saturated carbocycles. The predicted octanol–water partition coefficient (Wildman–Crippen LogP) is 1.34. The van der Waals surface area contributed by atoms with Crippen LogP contribution in [0.15, 0.2) is 12.1 Å². The van der Waals surface area contributed by atoms with Crippen LogP contribution in [0.25, 0.3) is 5.65 Å². The van der Waals surface area contributed by atoms with Crippen LogP contribution in [-0.2, 0) is 0 Å². The van der Waals surface area contributed by atoms with Crippen molar-refractivity contribution in [3.63, 3.8) is 0 Å². The average molecular weight is 201 g/mol. The average Bonchev–Trinajstić information content (AvgIpc) is 2.64. The van der Waals surface area contributed by atoms with E-state index in [1.54, 1.807) is 10.6 Å². The number of hydrogen-bond acceptors (Lipinski definition) is 4. The molecular weight excluding hydrogens is 190 g/mol. The zero-order valence-corrected chi connectivity index (χ0v) is 8.65. The van der Waals surface area contributed by atoms with Crippen LogP contribution in [0.1, 0.15) is 18.2 Å². The molecule has 0 saturated heterocycles. The van der Waals surface area contributed by atoms with E-state index in [4.69, 9.17) is 5.26 Å². The van der Waals surface area contributed by atoms with Crippen LogP contribution in [0.3, 0.4) is 0 Å². The first-order valence-corrected chi connectivity index (χ1v) is 4.76. The molecule has 0 aromatic carbocycles. The maximum Gasteiger partial charge on any atom is 0.243 e. The van der Waals surface area contributed by atoms with Crippen molar-refractivity contribution >= 4 is 11.6 Å². The van der Waals surface area contributed by atoms with Crippen LogP contribution in [0.5, 0.6) is 0 Å². The zero-order chi connectivity index (χ0) is 10.8. The monoisotopic (exact) mass is 201 g/mol. The molecule has 2 aromatic heterocycles. The lowest BCUT2D eigenvalue weighted by Gasteiger charge is -1.96. The van der Waals surface area contributed by atoms with Crippen molar-refractivity contribution in [1.82, 2.24) is 14.6 Å². The summed E-state index contributed by atoms with van der Waals surface area (Å²) in [5, 5.41) is 16.2. The SMILES string of the molecule is CCNc1nc2c(C#N)ccc(C)n2n1. The van der Waals surface area contributed by atoms with E-state index in [0.717, 1.165) is 12.2 Å². The summed E-state index contributed by atoms with van der Waals surface area (Å²) in [6.07, 6.45) is 0. The van der Waals surface area contributed by atoms with E-state index in [9.17, 15) is 0 Å². The Morgan fingerprint density at radius 3 is 3.00 bits per heavy atom. The van der Waals surface area contributed by atoms with Crippen molar-refractivity contribution in [2.75, 3.05) is 11.9 Å². The zero-order valence-electron chi connectivity index (χ0n) is 8.65. The highest BCUT2D eigenvalue weighted by Gasteiger charge is 2.08. The summed E-state index contributed by atoms with van der Waals surface area (Å²) in [6.45, 7) is 4.67. The molecular formula is C10H11N5. The molecule has 1 N–H and O–H groups in total. The summed E-state index contributed by atoms with van der Waals surface area (Å²) in [5.41, 5.74) is 2.10. The maximum atomic E-state index is 8.91. The molecule has 0 aliphatic carbocycles. The highest BCUT2D eigenvalue weighted by atomic mass is 15.3. The van der Waals surface area contributed by atoms with E-state index >= 15 is 0 Å². The van der Waals surface area contributed by atoms with Gasteiger partial charge in [-0.05, 0) is 26.0 Å². The van der Waals surface area contributed by atoms with Gasteiger partial charge in [-0.25, -0.2) is 4.52 Å². The van der Waals surface area contributed by atoms with Gasteiger partial charge in [0.1, 0.15) is 6.07 Å². The molecule has 2 aromatic rings. The fourth-order valence-electron chi connectivity index (χ4n) is 1.40. The Balaban J connectivity index is 2.68. The van der Waals surface area contributed by atoms with Crippen molar-refractivity contribution in [3.8, 4) is 6.07 Å². The lowest BCUT2D eigenvalue weighted by molar-refractivity contribution is 0.910. The molecule has 0 spiro atoms. The van der Waals surface area contributed by atoms with Gasteiger partial charge in [0, 0.05) is 12.2 Å². The van der Waals surface area contributed by atoms with Gasteiger partial charge in [0.15, 0.2) is 5.65 Å². The van der Waals surface area contributed by atoms with Crippen LogP contribution < -0.4 is 5.32 Å². The Hall–Kier alpha value is -2.09. The fraction of sp³-hybridized carbons (Fsp3) is 0.300. The van der Waals surface area contributed by atoms with Crippen molar-refractivity contribution < 1.29 is 0 Å². The number of nitrogens with one attached hydrogen (secondary N) is 1. The summed E-state index contributed by atoms with van der Waals surface area (Å²) < 4.78 is 1.68. The molecule has 2 rings (SSSR count). The lowest BCUT2D eigenvalue weighted by Crippen LogP contribution is -1.99. The third-order valence-electron chi connectivity index (χ3n) is 2.13. The standard InChI is InChI=1S/C10H11N5/c1-3-12-10-13-9-8(6-11)5-4-7(2)15(9)14-10/h4-5H,3H2,1-2H3,(H,12,14). The maximum absolute atomic E-state index is 8.91. The number of fused-ring (bicyclic) bond motifs is 1. The Bertz CT molecular complexity index is 534. The molecule has 0 aliphatic rings. The predicted molar refractivity (Wildman–Crippen MR) is 56.6 cm³/mol. The van der Waals surface area contributed by atoms with Crippen LogP contribution in [0.2, 0.25) is 0 Å². The minimum absolute atomic E-state index is 0.539. The van der Waals surface area contributed by atoms with Gasteiger partial charge in [-0.15, -0.1) is 5.10 Å². The fourth-order valence-corrected chi connectivity index (χ4v) is 1.40. The molecule has 5 nitrogen and oxygen atoms in total. The third-order valence-corrected chi connectivity index (χ3v) is 2.13. The van der Waals surface area contributed by atoms with Crippen LogP contribution >= 0.6 is 0 Å². The quantitative estimate of drug-likeness (QED) is 0.796. The molecule has 0 unspecified atom stereocenters. The van der Waals surface area contributed by atoms with Gasteiger partial charge < -0.3 is 5.32 Å². The highest BCUT2D eigenvalue weighted by Crippen LogP contribution is 2.12. The molecule has 76 valence electrons. The number of rotatable bonds is 2. The van der Waals surface area contributed by atoms with E-state index < -0.39 is 0 Å². The van der Waals surface area contributed by atoms with Gasteiger partial charge in [-0.3, -0.25) is 0 Å². The normalized spacial score (nSPS) is 10.2. The number of nitriles is 1. The Labute approximate surface area is 87.4 Å². The van der Waals surface area contributed by atoms with Crippen molar-refractivity contribution in [2.24, 2.45) is 0 Å². The summed E-state index contributed by atoms with van der Waals surface area (Å²) >= 11 is 0. The molecule has 0 atom stereocenters. The second-order valence-electron chi connectivity index (χ2n) is 3.20. The minimum atomic E-state index is 0.539. The third kappa shape index (κ3) is 1.50. The molecule has 0 fully saturated rings. The van der Waals surface area contributed by atoms with Gasteiger partial charge in [-0.1, -0.05) is 0 Å². The number of aryl methyl sites for hydroxylation is 1. The van der Waals surface area contributed by atoms with Crippen molar-refractivity contribution in [2.45, 2.75) is 13.8 Å². The van der Waals surface area contributed by atoms with E-state index in [0.29, 0.717) is 17.2 Å². The van der Waals surface area contributed by atoms with Gasteiger partial charge >= 0.3 is 0 Å². The first-order valence-electron chi connectivity index (χ1n) is 4.76. The molecule has 0 aliphatic heterocycles. The van der Waals surface area contributed by atoms with Gasteiger partial charge in [0.25, 0.3) is 0 Å². The van der Waals surface area contributed by atoms with Gasteiger partial charge in [0.05, 0.1) is 5.56 Å². The Kier molecular flexibility index (Phi) is 2.26. The molecule has 15 heavy (non-hydrogen) atoms. The largest absolute Gasteiger partial charge is 0.353 e. The van der Waals surface area contributed by atoms with Crippen LogP contribution in [0, 0.1) is 18.3 Å². The van der Waals surface area contributed by atoms with Crippen LogP contribution in [0.4, 0.5) is 5.95 Å². The van der Waals surface area contributed by atoms with E-state index in [2.05, 4.69) is 21.5 Å².